The van der Waals surface area contributed by atoms with Crippen molar-refractivity contribution >= 4 is 5.91 Å². The van der Waals surface area contributed by atoms with E-state index >= 15 is 0 Å². The van der Waals surface area contributed by atoms with Crippen molar-refractivity contribution < 1.29 is 13.9 Å². The van der Waals surface area contributed by atoms with Crippen molar-refractivity contribution in [2.75, 3.05) is 13.3 Å². The molecule has 82 valence electrons. The molecular formula is C10H13FN2O2. The highest BCUT2D eigenvalue weighted by Gasteiger charge is 2.29. The van der Waals surface area contributed by atoms with Crippen LogP contribution in [0.25, 0.3) is 0 Å². The predicted octanol–water partition coefficient (Wildman–Crippen LogP) is 0.530. The molecule has 5 heteroatoms. The number of amides is 1. The van der Waals surface area contributed by atoms with Crippen molar-refractivity contribution in [2.45, 2.75) is 19.1 Å². The number of carbonyl (C=O) groups excluding carboxylic acids is 1. The van der Waals surface area contributed by atoms with E-state index in [4.69, 9.17) is 4.74 Å². The van der Waals surface area contributed by atoms with Gasteiger partial charge in [0.05, 0.1) is 19.0 Å². The zero-order valence-electron chi connectivity index (χ0n) is 8.44. The highest BCUT2D eigenvalue weighted by atomic mass is 19.1. The summed E-state index contributed by atoms with van der Waals surface area (Å²) in [5, 5.41) is 2.67. The lowest BCUT2D eigenvalue weighted by Crippen LogP contribution is -2.50. The van der Waals surface area contributed by atoms with E-state index in [1.165, 1.54) is 12.3 Å². The fourth-order valence-electron chi connectivity index (χ4n) is 1.65. The van der Waals surface area contributed by atoms with Crippen LogP contribution in [0.3, 0.4) is 0 Å². The number of nitrogens with zero attached hydrogens (tertiary/aromatic N) is 1. The summed E-state index contributed by atoms with van der Waals surface area (Å²) in [7, 11) is 0. The van der Waals surface area contributed by atoms with Crippen LogP contribution in [0.5, 0.6) is 0 Å². The number of ether oxygens (including phenoxy) is 1. The summed E-state index contributed by atoms with van der Waals surface area (Å²) in [5.41, 5.74) is 0.586. The summed E-state index contributed by atoms with van der Waals surface area (Å²) >= 11 is 0. The number of hydrogen-bond donors (Lipinski definition) is 1. The predicted molar refractivity (Wildman–Crippen MR) is 52.4 cm³/mol. The molecule has 15 heavy (non-hydrogen) atoms. The van der Waals surface area contributed by atoms with E-state index in [2.05, 4.69) is 5.32 Å². The molecule has 2 heterocycles. The normalized spacial score (nSPS) is 30.7. The Labute approximate surface area is 87.4 Å². The number of halogens is 1. The van der Waals surface area contributed by atoms with E-state index in [0.29, 0.717) is 18.8 Å². The summed E-state index contributed by atoms with van der Waals surface area (Å²) < 4.78 is 18.6. The largest absolute Gasteiger partial charge is 0.499 e. The van der Waals surface area contributed by atoms with Gasteiger partial charge in [0.15, 0.2) is 0 Å². The van der Waals surface area contributed by atoms with Gasteiger partial charge in [-0.15, -0.1) is 0 Å². The summed E-state index contributed by atoms with van der Waals surface area (Å²) in [5.74, 6) is -0.103. The Bertz CT molecular complexity index is 327. The molecule has 1 unspecified atom stereocenters. The maximum Gasteiger partial charge on any atom is 0.249 e. The average molecular weight is 212 g/mol. The van der Waals surface area contributed by atoms with Gasteiger partial charge < -0.3 is 15.0 Å². The average Bonchev–Trinajstić information content (AvgIpc) is 2.23. The molecule has 0 aliphatic carbocycles. The highest BCUT2D eigenvalue weighted by molar-refractivity contribution is 5.93. The molecule has 2 aliphatic rings. The second kappa shape index (κ2) is 3.92. The van der Waals surface area contributed by atoms with Gasteiger partial charge in [0.1, 0.15) is 12.8 Å². The summed E-state index contributed by atoms with van der Waals surface area (Å²) in [6.07, 6.45) is 3.38. The van der Waals surface area contributed by atoms with Gasteiger partial charge in [-0.25, -0.2) is 4.39 Å². The van der Waals surface area contributed by atoms with Crippen molar-refractivity contribution in [3.63, 3.8) is 0 Å². The molecule has 0 radical (unpaired) electrons. The molecule has 2 atom stereocenters. The van der Waals surface area contributed by atoms with Gasteiger partial charge in [-0.2, -0.15) is 0 Å². The third-order valence-electron chi connectivity index (χ3n) is 2.56. The van der Waals surface area contributed by atoms with Crippen molar-refractivity contribution in [3.8, 4) is 0 Å². The monoisotopic (exact) mass is 212 g/mol. The lowest BCUT2D eigenvalue weighted by atomic mass is 10.1. The lowest BCUT2D eigenvalue weighted by molar-refractivity contribution is -0.119. The Kier molecular flexibility index (Phi) is 2.62. The fourth-order valence-corrected chi connectivity index (χ4v) is 1.65. The van der Waals surface area contributed by atoms with Crippen molar-refractivity contribution in [1.29, 1.82) is 0 Å². The van der Waals surface area contributed by atoms with Gasteiger partial charge >= 0.3 is 0 Å². The van der Waals surface area contributed by atoms with E-state index < -0.39 is 6.17 Å². The van der Waals surface area contributed by atoms with Crippen LogP contribution in [0.15, 0.2) is 24.1 Å². The van der Waals surface area contributed by atoms with Gasteiger partial charge in [-0.3, -0.25) is 4.79 Å². The maximum atomic E-state index is 13.5. The minimum Gasteiger partial charge on any atom is -0.499 e. The quantitative estimate of drug-likeness (QED) is 0.689. The molecule has 0 spiro atoms. The van der Waals surface area contributed by atoms with Gasteiger partial charge in [0, 0.05) is 11.8 Å². The number of nitrogens with one attached hydrogen (secondary N) is 1. The van der Waals surface area contributed by atoms with Crippen LogP contribution < -0.4 is 5.32 Å². The van der Waals surface area contributed by atoms with Crippen molar-refractivity contribution in [1.82, 2.24) is 10.2 Å². The summed E-state index contributed by atoms with van der Waals surface area (Å²) in [6, 6.07) is -0.356. The standard InChI is InChI=1S/C10H13FN2O2/c1-7-4-13(6-12-10(7)14)9-5-15-3-2-8(9)11/h2-4,8-9H,5-6H2,1H3,(H,12,14)/t8-,9?/m0/s1. The Balaban J connectivity index is 2.11. The number of carbonyl (C=O) groups is 1. The van der Waals surface area contributed by atoms with E-state index in [1.54, 1.807) is 18.0 Å². The molecule has 0 saturated heterocycles. The lowest BCUT2D eigenvalue weighted by Gasteiger charge is -2.35. The maximum absolute atomic E-state index is 13.5. The SMILES string of the molecule is CC1=CN(C2COC=C[C@@H]2F)CNC1=O. The molecule has 1 N–H and O–H groups in total. The molecule has 0 saturated carbocycles. The van der Waals surface area contributed by atoms with Crippen molar-refractivity contribution in [2.24, 2.45) is 0 Å². The highest BCUT2D eigenvalue weighted by Crippen LogP contribution is 2.17. The van der Waals surface area contributed by atoms with Crippen LogP contribution in [-0.2, 0) is 9.53 Å². The molecule has 4 nitrogen and oxygen atoms in total. The smallest absolute Gasteiger partial charge is 0.249 e. The molecule has 2 rings (SSSR count). The fraction of sp³-hybridized carbons (Fsp3) is 0.500. The molecular weight excluding hydrogens is 199 g/mol. The van der Waals surface area contributed by atoms with Gasteiger partial charge in [-0.1, -0.05) is 0 Å². The zero-order chi connectivity index (χ0) is 10.8. The first-order chi connectivity index (χ1) is 7.18. The van der Waals surface area contributed by atoms with Crippen molar-refractivity contribution in [3.05, 3.63) is 24.1 Å². The van der Waals surface area contributed by atoms with Crippen LogP contribution in [-0.4, -0.2) is 36.3 Å². The first-order valence-corrected chi connectivity index (χ1v) is 4.83. The number of hydrogen-bond acceptors (Lipinski definition) is 3. The number of alkyl halides is 1. The molecule has 0 aromatic carbocycles. The van der Waals surface area contributed by atoms with Gasteiger partial charge in [-0.05, 0) is 13.0 Å². The van der Waals surface area contributed by atoms with Crippen LogP contribution >= 0.6 is 0 Å². The Morgan fingerprint density at radius 2 is 2.47 bits per heavy atom. The molecule has 0 bridgehead atoms. The number of rotatable bonds is 1. The second-order valence-corrected chi connectivity index (χ2v) is 3.66. The van der Waals surface area contributed by atoms with Crippen LogP contribution in [0.2, 0.25) is 0 Å². The first-order valence-electron chi connectivity index (χ1n) is 4.83. The van der Waals surface area contributed by atoms with E-state index in [1.807, 2.05) is 0 Å². The third kappa shape index (κ3) is 1.95. The van der Waals surface area contributed by atoms with E-state index in [-0.39, 0.29) is 11.9 Å². The Morgan fingerprint density at radius 1 is 1.67 bits per heavy atom. The van der Waals surface area contributed by atoms with Gasteiger partial charge in [0.2, 0.25) is 5.91 Å². The molecule has 0 aromatic rings. The minimum absolute atomic E-state index is 0.103. The molecule has 0 fully saturated rings. The first kappa shape index (κ1) is 10.0. The Hall–Kier alpha value is -1.52. The van der Waals surface area contributed by atoms with E-state index in [9.17, 15) is 9.18 Å². The molecule has 1 amide bonds. The van der Waals surface area contributed by atoms with Crippen LogP contribution in [0, 0.1) is 0 Å². The Morgan fingerprint density at radius 3 is 3.13 bits per heavy atom. The third-order valence-corrected chi connectivity index (χ3v) is 2.56. The summed E-state index contributed by atoms with van der Waals surface area (Å²) in [4.78, 5) is 12.9. The van der Waals surface area contributed by atoms with Crippen LogP contribution in [0.1, 0.15) is 6.92 Å². The topological polar surface area (TPSA) is 41.6 Å². The second-order valence-electron chi connectivity index (χ2n) is 3.66. The minimum atomic E-state index is -1.06. The van der Waals surface area contributed by atoms with Gasteiger partial charge in [0.25, 0.3) is 0 Å². The summed E-state index contributed by atoms with van der Waals surface area (Å²) in [6.45, 7) is 2.34. The molecule has 2 aliphatic heterocycles. The zero-order valence-corrected chi connectivity index (χ0v) is 8.44. The van der Waals surface area contributed by atoms with Crippen LogP contribution in [0.4, 0.5) is 4.39 Å². The van der Waals surface area contributed by atoms with E-state index in [0.717, 1.165) is 0 Å². The molecule has 0 aromatic heterocycles.